The number of aryl methyl sites for hydroxylation is 1. The van der Waals surface area contributed by atoms with Gasteiger partial charge < -0.3 is 14.2 Å². The summed E-state index contributed by atoms with van der Waals surface area (Å²) in [7, 11) is 0. The van der Waals surface area contributed by atoms with Gasteiger partial charge in [0.1, 0.15) is 23.1 Å². The lowest BCUT2D eigenvalue weighted by molar-refractivity contribution is -0.176. The van der Waals surface area contributed by atoms with Gasteiger partial charge >= 0.3 is 6.18 Å². The van der Waals surface area contributed by atoms with E-state index >= 15 is 0 Å². The van der Waals surface area contributed by atoms with Gasteiger partial charge in [0.2, 0.25) is 0 Å². The van der Waals surface area contributed by atoms with E-state index in [0.29, 0.717) is 31.6 Å². The van der Waals surface area contributed by atoms with Crippen molar-refractivity contribution in [1.29, 1.82) is 0 Å². The largest absolute Gasteiger partial charge is 0.423 e. The van der Waals surface area contributed by atoms with Crippen LogP contribution in [0.5, 0.6) is 0 Å². The average molecular weight is 539 g/mol. The Morgan fingerprint density at radius 1 is 1.11 bits per heavy atom. The number of hydrogen-bond donors (Lipinski definition) is 0. The van der Waals surface area contributed by atoms with Crippen LogP contribution in [0, 0.1) is 12.7 Å². The zero-order valence-corrected chi connectivity index (χ0v) is 20.4. The summed E-state index contributed by atoms with van der Waals surface area (Å²) >= 11 is 7.17. The monoisotopic (exact) mass is 538 g/mol. The first kappa shape index (κ1) is 24.5. The fourth-order valence-electron chi connectivity index (χ4n) is 4.23. The second-order valence-corrected chi connectivity index (χ2v) is 10.00. The summed E-state index contributed by atoms with van der Waals surface area (Å²) in [5, 5.41) is 0.977. The van der Waals surface area contributed by atoms with Gasteiger partial charge in [-0.3, -0.25) is 4.79 Å². The Kier molecular flexibility index (Phi) is 6.37. The molecule has 0 aliphatic carbocycles. The third-order valence-electron chi connectivity index (χ3n) is 5.95. The minimum absolute atomic E-state index is 0.0184. The number of alkyl halides is 3. The molecule has 1 atom stereocenters. The van der Waals surface area contributed by atoms with Crippen LogP contribution in [-0.2, 0) is 0 Å². The summed E-state index contributed by atoms with van der Waals surface area (Å²) in [4.78, 5) is 25.0. The van der Waals surface area contributed by atoms with Gasteiger partial charge in [-0.25, -0.2) is 9.37 Å². The van der Waals surface area contributed by atoms with Crippen molar-refractivity contribution in [3.05, 3.63) is 64.0 Å². The number of carbonyl (C=O) groups is 1. The topological polar surface area (TPSA) is 62.5 Å². The molecule has 0 radical (unpaired) electrons. The highest BCUT2D eigenvalue weighted by molar-refractivity contribution is 7.15. The molecule has 0 bridgehead atoms. The van der Waals surface area contributed by atoms with Crippen molar-refractivity contribution < 1.29 is 26.8 Å². The second-order valence-electron chi connectivity index (χ2n) is 8.36. The van der Waals surface area contributed by atoms with E-state index in [4.69, 9.17) is 16.0 Å². The Balaban J connectivity index is 1.47. The highest BCUT2D eigenvalue weighted by Gasteiger charge is 2.47. The fraction of sp³-hybridized carbons (Fsp3) is 0.292. The molecule has 2 aromatic heterocycles. The SMILES string of the molecule is Cc1nc(C(=O)N2CCN(c3nc4cc(Cl)ccc4o3)CCC2C(F)(F)F)c(-c2ccc(F)cc2)s1. The molecule has 12 heteroatoms. The highest BCUT2D eigenvalue weighted by Crippen LogP contribution is 2.35. The Bertz CT molecular complexity index is 1420. The number of thiazole rings is 1. The van der Waals surface area contributed by atoms with Crippen LogP contribution in [0.2, 0.25) is 5.02 Å². The number of amides is 1. The lowest BCUT2D eigenvalue weighted by atomic mass is 10.1. The number of rotatable bonds is 3. The van der Waals surface area contributed by atoms with Crippen LogP contribution in [-0.4, -0.2) is 52.6 Å². The minimum atomic E-state index is -4.65. The molecule has 2 aromatic carbocycles. The molecule has 1 amide bonds. The Morgan fingerprint density at radius 2 is 1.86 bits per heavy atom. The summed E-state index contributed by atoms with van der Waals surface area (Å²) < 4.78 is 61.6. The summed E-state index contributed by atoms with van der Waals surface area (Å²) in [5.74, 6) is -1.29. The van der Waals surface area contributed by atoms with Crippen LogP contribution in [0.1, 0.15) is 21.9 Å². The number of carbonyl (C=O) groups excluding carboxylic acids is 1. The number of hydrogen-bond acceptors (Lipinski definition) is 6. The second kappa shape index (κ2) is 9.36. The summed E-state index contributed by atoms with van der Waals surface area (Å²) in [5.41, 5.74) is 1.38. The van der Waals surface area contributed by atoms with Crippen molar-refractivity contribution in [2.24, 2.45) is 0 Å². The maximum Gasteiger partial charge on any atom is 0.408 e. The first-order valence-corrected chi connectivity index (χ1v) is 12.2. The predicted octanol–water partition coefficient (Wildman–Crippen LogP) is 6.34. The summed E-state index contributed by atoms with van der Waals surface area (Å²) in [6.07, 6.45) is -5.02. The van der Waals surface area contributed by atoms with Gasteiger partial charge in [0.05, 0.1) is 9.88 Å². The third-order valence-corrected chi connectivity index (χ3v) is 7.21. The van der Waals surface area contributed by atoms with Crippen LogP contribution >= 0.6 is 22.9 Å². The molecule has 1 aliphatic heterocycles. The maximum absolute atomic E-state index is 14.1. The van der Waals surface area contributed by atoms with Gasteiger partial charge in [0.25, 0.3) is 11.9 Å². The van der Waals surface area contributed by atoms with E-state index in [1.165, 1.54) is 35.6 Å². The maximum atomic E-state index is 14.1. The van der Waals surface area contributed by atoms with Crippen LogP contribution in [0.25, 0.3) is 21.5 Å². The standard InChI is InChI=1S/C24H19ClF4N4O2S/c1-13-30-20(21(36-13)14-2-5-16(26)6-3-14)22(34)33-11-10-32(9-8-19(33)24(27,28)29)23-31-17-12-15(25)4-7-18(17)35-23/h2-7,12,19H,8-11H2,1H3. The quantitative estimate of drug-likeness (QED) is 0.285. The average Bonchev–Trinajstić information content (AvgIpc) is 3.33. The zero-order chi connectivity index (χ0) is 25.6. The number of oxazole rings is 1. The van der Waals surface area contributed by atoms with E-state index in [1.54, 1.807) is 30.0 Å². The smallest absolute Gasteiger partial charge is 0.408 e. The number of benzene rings is 2. The summed E-state index contributed by atoms with van der Waals surface area (Å²) in [6.45, 7) is 1.50. The number of aromatic nitrogens is 2. The molecule has 0 N–H and O–H groups in total. The first-order valence-electron chi connectivity index (χ1n) is 11.0. The molecular weight excluding hydrogens is 520 g/mol. The Hall–Kier alpha value is -3.18. The molecule has 6 nitrogen and oxygen atoms in total. The Labute approximate surface area is 212 Å². The molecule has 1 fully saturated rings. The molecule has 1 unspecified atom stereocenters. The van der Waals surface area contributed by atoms with Crippen LogP contribution in [0.4, 0.5) is 23.6 Å². The lowest BCUT2D eigenvalue weighted by Crippen LogP contribution is -2.49. The van der Waals surface area contributed by atoms with Crippen molar-refractivity contribution in [2.45, 2.75) is 25.6 Å². The van der Waals surface area contributed by atoms with Gasteiger partial charge in [-0.1, -0.05) is 23.7 Å². The third kappa shape index (κ3) is 4.77. The van der Waals surface area contributed by atoms with E-state index in [-0.39, 0.29) is 37.8 Å². The van der Waals surface area contributed by atoms with E-state index in [0.717, 1.165) is 4.90 Å². The van der Waals surface area contributed by atoms with E-state index < -0.39 is 23.9 Å². The van der Waals surface area contributed by atoms with E-state index in [1.807, 2.05) is 0 Å². The lowest BCUT2D eigenvalue weighted by Gasteiger charge is -2.30. The zero-order valence-electron chi connectivity index (χ0n) is 18.9. The van der Waals surface area contributed by atoms with Crippen LogP contribution < -0.4 is 4.90 Å². The first-order chi connectivity index (χ1) is 17.1. The molecule has 36 heavy (non-hydrogen) atoms. The molecule has 1 aliphatic rings. The predicted molar refractivity (Wildman–Crippen MR) is 129 cm³/mol. The molecule has 5 rings (SSSR count). The van der Waals surface area contributed by atoms with Crippen molar-refractivity contribution in [2.75, 3.05) is 24.5 Å². The van der Waals surface area contributed by atoms with Crippen LogP contribution in [0.15, 0.2) is 46.9 Å². The van der Waals surface area contributed by atoms with Crippen LogP contribution in [0.3, 0.4) is 0 Å². The Morgan fingerprint density at radius 3 is 2.58 bits per heavy atom. The molecule has 0 saturated carbocycles. The number of fused-ring (bicyclic) bond motifs is 1. The summed E-state index contributed by atoms with van der Waals surface area (Å²) in [6, 6.07) is 8.45. The van der Waals surface area contributed by atoms with Crippen molar-refractivity contribution in [3.8, 4) is 10.4 Å². The molecule has 188 valence electrons. The highest BCUT2D eigenvalue weighted by atomic mass is 35.5. The minimum Gasteiger partial charge on any atom is -0.423 e. The van der Waals surface area contributed by atoms with Crippen molar-refractivity contribution >= 4 is 46.0 Å². The van der Waals surface area contributed by atoms with Crippen molar-refractivity contribution in [1.82, 2.24) is 14.9 Å². The number of halogens is 5. The number of nitrogens with zero attached hydrogens (tertiary/aromatic N) is 4. The molecule has 3 heterocycles. The van der Waals surface area contributed by atoms with Gasteiger partial charge in [0, 0.05) is 24.7 Å². The van der Waals surface area contributed by atoms with Gasteiger partial charge in [-0.2, -0.15) is 18.2 Å². The fourth-order valence-corrected chi connectivity index (χ4v) is 5.32. The molecule has 4 aromatic rings. The molecular formula is C24H19ClF4N4O2S. The normalized spacial score (nSPS) is 17.0. The van der Waals surface area contributed by atoms with E-state index in [2.05, 4.69) is 9.97 Å². The van der Waals surface area contributed by atoms with Crippen molar-refractivity contribution in [3.63, 3.8) is 0 Å². The molecule has 1 saturated heterocycles. The van der Waals surface area contributed by atoms with Gasteiger partial charge in [-0.05, 0) is 49.2 Å². The van der Waals surface area contributed by atoms with E-state index in [9.17, 15) is 22.4 Å². The molecule has 0 spiro atoms. The number of anilines is 1. The van der Waals surface area contributed by atoms with Gasteiger partial charge in [0.15, 0.2) is 5.58 Å². The van der Waals surface area contributed by atoms with Gasteiger partial charge in [-0.15, -0.1) is 11.3 Å².